The van der Waals surface area contributed by atoms with E-state index in [0.29, 0.717) is 30.3 Å². The first-order valence-corrected chi connectivity index (χ1v) is 9.12. The Morgan fingerprint density at radius 3 is 2.68 bits per heavy atom. The van der Waals surface area contributed by atoms with Crippen LogP contribution >= 0.6 is 0 Å². The zero-order valence-corrected chi connectivity index (χ0v) is 15.0. The fourth-order valence-electron chi connectivity index (χ4n) is 3.30. The highest BCUT2D eigenvalue weighted by Gasteiger charge is 2.22. The van der Waals surface area contributed by atoms with Gasteiger partial charge in [0.05, 0.1) is 18.2 Å². The van der Waals surface area contributed by atoms with Crippen molar-refractivity contribution in [2.75, 3.05) is 20.1 Å². The molecule has 5 nitrogen and oxygen atoms in total. The number of piperidine rings is 1. The standard InChI is InChI=1S/C19H27FN4O/c1-3-15(25)13-24-19(16-6-4-5-7-17(16)20)21-18(22-24)12-14-8-10-23(2)11-9-14/h4-7,14-15,25H,3,8-13H2,1-2H3/t15-/m1/s1. The summed E-state index contributed by atoms with van der Waals surface area (Å²) in [5.41, 5.74) is 0.438. The number of hydrogen-bond donors (Lipinski definition) is 1. The van der Waals surface area contributed by atoms with Gasteiger partial charge in [0.1, 0.15) is 5.82 Å². The van der Waals surface area contributed by atoms with Crippen molar-refractivity contribution in [3.63, 3.8) is 0 Å². The normalized spacial score (nSPS) is 17.8. The number of benzene rings is 1. The summed E-state index contributed by atoms with van der Waals surface area (Å²) in [5.74, 6) is 1.51. The maximum atomic E-state index is 14.2. The van der Waals surface area contributed by atoms with Gasteiger partial charge in [-0.3, -0.25) is 0 Å². The molecule has 0 saturated carbocycles. The minimum Gasteiger partial charge on any atom is -0.391 e. The minimum atomic E-state index is -0.511. The van der Waals surface area contributed by atoms with E-state index in [2.05, 4.69) is 22.0 Å². The van der Waals surface area contributed by atoms with E-state index in [1.54, 1.807) is 22.9 Å². The smallest absolute Gasteiger partial charge is 0.161 e. The van der Waals surface area contributed by atoms with E-state index in [1.807, 2.05) is 6.92 Å². The van der Waals surface area contributed by atoms with E-state index in [0.717, 1.165) is 38.2 Å². The molecule has 1 aliphatic rings. The Hall–Kier alpha value is -1.79. The van der Waals surface area contributed by atoms with Gasteiger partial charge in [-0.25, -0.2) is 14.1 Å². The molecule has 0 amide bonds. The largest absolute Gasteiger partial charge is 0.391 e. The summed E-state index contributed by atoms with van der Waals surface area (Å²) in [4.78, 5) is 6.97. The van der Waals surface area contributed by atoms with Gasteiger partial charge in [-0.2, -0.15) is 5.10 Å². The van der Waals surface area contributed by atoms with Crippen LogP contribution in [0.4, 0.5) is 4.39 Å². The van der Waals surface area contributed by atoms with Crippen LogP contribution in [-0.4, -0.2) is 51.0 Å². The van der Waals surface area contributed by atoms with Gasteiger partial charge < -0.3 is 10.0 Å². The second kappa shape index (κ2) is 8.06. The molecule has 6 heteroatoms. The van der Waals surface area contributed by atoms with Crippen LogP contribution in [0.3, 0.4) is 0 Å². The van der Waals surface area contributed by atoms with Crippen molar-refractivity contribution in [1.29, 1.82) is 0 Å². The van der Waals surface area contributed by atoms with Gasteiger partial charge in [0.25, 0.3) is 0 Å². The lowest BCUT2D eigenvalue weighted by Gasteiger charge is -2.28. The number of rotatable bonds is 6. The highest BCUT2D eigenvalue weighted by atomic mass is 19.1. The van der Waals surface area contributed by atoms with E-state index < -0.39 is 6.10 Å². The van der Waals surface area contributed by atoms with Gasteiger partial charge in [0, 0.05) is 6.42 Å². The second-order valence-corrected chi connectivity index (χ2v) is 7.03. The molecular weight excluding hydrogens is 319 g/mol. The fraction of sp³-hybridized carbons (Fsp3) is 0.579. The van der Waals surface area contributed by atoms with Crippen molar-refractivity contribution in [3.05, 3.63) is 35.9 Å². The first kappa shape index (κ1) is 18.0. The Labute approximate surface area is 148 Å². The van der Waals surface area contributed by atoms with E-state index in [-0.39, 0.29) is 5.82 Å². The molecule has 136 valence electrons. The van der Waals surface area contributed by atoms with Crippen LogP contribution in [0.1, 0.15) is 32.0 Å². The summed E-state index contributed by atoms with van der Waals surface area (Å²) in [5, 5.41) is 14.6. The van der Waals surface area contributed by atoms with E-state index >= 15 is 0 Å². The Morgan fingerprint density at radius 2 is 2.00 bits per heavy atom. The molecule has 0 unspecified atom stereocenters. The number of nitrogens with zero attached hydrogens (tertiary/aromatic N) is 4. The third kappa shape index (κ3) is 4.44. The van der Waals surface area contributed by atoms with Gasteiger partial charge in [0.15, 0.2) is 11.6 Å². The van der Waals surface area contributed by atoms with Crippen LogP contribution in [0, 0.1) is 11.7 Å². The second-order valence-electron chi connectivity index (χ2n) is 7.03. The first-order chi connectivity index (χ1) is 12.1. The summed E-state index contributed by atoms with van der Waals surface area (Å²) in [6.07, 6.45) is 3.20. The molecule has 0 bridgehead atoms. The third-order valence-corrected chi connectivity index (χ3v) is 4.99. The lowest BCUT2D eigenvalue weighted by molar-refractivity contribution is 0.145. The van der Waals surface area contributed by atoms with E-state index in [9.17, 15) is 9.50 Å². The highest BCUT2D eigenvalue weighted by molar-refractivity contribution is 5.56. The van der Waals surface area contributed by atoms with Gasteiger partial charge >= 0.3 is 0 Å². The fourth-order valence-corrected chi connectivity index (χ4v) is 3.30. The predicted octanol–water partition coefficient (Wildman–Crippen LogP) is 2.74. The average Bonchev–Trinajstić information content (AvgIpc) is 2.99. The molecule has 1 fully saturated rings. The number of hydrogen-bond acceptors (Lipinski definition) is 4. The van der Waals surface area contributed by atoms with Gasteiger partial charge in [-0.15, -0.1) is 0 Å². The molecule has 1 aromatic carbocycles. The van der Waals surface area contributed by atoms with Gasteiger partial charge in [-0.1, -0.05) is 19.1 Å². The number of aliphatic hydroxyl groups is 1. The van der Waals surface area contributed by atoms with Crippen molar-refractivity contribution in [2.45, 2.75) is 45.3 Å². The molecule has 1 aliphatic heterocycles. The summed E-state index contributed by atoms with van der Waals surface area (Å²) in [7, 11) is 2.14. The van der Waals surface area contributed by atoms with Gasteiger partial charge in [0.2, 0.25) is 0 Å². The zero-order chi connectivity index (χ0) is 17.8. The van der Waals surface area contributed by atoms with Crippen LogP contribution in [0.25, 0.3) is 11.4 Å². The molecule has 1 aromatic heterocycles. The van der Waals surface area contributed by atoms with Crippen LogP contribution < -0.4 is 0 Å². The molecule has 3 rings (SSSR count). The molecule has 0 aliphatic carbocycles. The molecular formula is C19H27FN4O. The molecule has 0 radical (unpaired) electrons. The Bertz CT molecular complexity index is 694. The summed E-state index contributed by atoms with van der Waals surface area (Å²) < 4.78 is 15.9. The summed E-state index contributed by atoms with van der Waals surface area (Å²) >= 11 is 0. The maximum Gasteiger partial charge on any atom is 0.161 e. The minimum absolute atomic E-state index is 0.312. The van der Waals surface area contributed by atoms with Crippen LogP contribution in [0.2, 0.25) is 0 Å². The molecule has 0 spiro atoms. The van der Waals surface area contributed by atoms with Crippen molar-refractivity contribution in [3.8, 4) is 11.4 Å². The SMILES string of the molecule is CC[C@@H](O)Cn1nc(CC2CCN(C)CC2)nc1-c1ccccc1F. The number of aromatic nitrogens is 3. The van der Waals surface area contributed by atoms with Crippen molar-refractivity contribution >= 4 is 0 Å². The monoisotopic (exact) mass is 346 g/mol. The van der Waals surface area contributed by atoms with Crippen LogP contribution in [-0.2, 0) is 13.0 Å². The van der Waals surface area contributed by atoms with Crippen molar-refractivity contribution < 1.29 is 9.50 Å². The first-order valence-electron chi connectivity index (χ1n) is 9.12. The molecule has 1 saturated heterocycles. The summed E-state index contributed by atoms with van der Waals surface area (Å²) in [6.45, 7) is 4.45. The molecule has 1 atom stereocenters. The quantitative estimate of drug-likeness (QED) is 0.874. The average molecular weight is 346 g/mol. The van der Waals surface area contributed by atoms with Crippen molar-refractivity contribution in [2.24, 2.45) is 5.92 Å². The van der Waals surface area contributed by atoms with E-state index in [4.69, 9.17) is 0 Å². The molecule has 25 heavy (non-hydrogen) atoms. The van der Waals surface area contributed by atoms with E-state index in [1.165, 1.54) is 6.07 Å². The summed E-state index contributed by atoms with van der Waals surface area (Å²) in [6, 6.07) is 6.61. The van der Waals surface area contributed by atoms with Crippen LogP contribution in [0.5, 0.6) is 0 Å². The Kier molecular flexibility index (Phi) is 5.81. The molecule has 2 heterocycles. The maximum absolute atomic E-state index is 14.2. The number of aliphatic hydroxyl groups excluding tert-OH is 1. The lowest BCUT2D eigenvalue weighted by atomic mass is 9.94. The highest BCUT2D eigenvalue weighted by Crippen LogP contribution is 2.24. The number of likely N-dealkylation sites (tertiary alicyclic amines) is 1. The topological polar surface area (TPSA) is 54.2 Å². The Balaban J connectivity index is 1.85. The van der Waals surface area contributed by atoms with Crippen LogP contribution in [0.15, 0.2) is 24.3 Å². The Morgan fingerprint density at radius 1 is 1.28 bits per heavy atom. The van der Waals surface area contributed by atoms with Crippen molar-refractivity contribution in [1.82, 2.24) is 19.7 Å². The predicted molar refractivity (Wildman–Crippen MR) is 95.6 cm³/mol. The molecule has 2 aromatic rings. The zero-order valence-electron chi connectivity index (χ0n) is 15.0. The molecule has 1 N–H and O–H groups in total. The number of halogens is 1. The lowest BCUT2D eigenvalue weighted by Crippen LogP contribution is -2.31. The van der Waals surface area contributed by atoms with Gasteiger partial charge in [-0.05, 0) is 57.5 Å². The third-order valence-electron chi connectivity index (χ3n) is 4.99.